The van der Waals surface area contributed by atoms with Crippen molar-refractivity contribution in [2.45, 2.75) is 31.5 Å². The van der Waals surface area contributed by atoms with E-state index < -0.39 is 6.10 Å². The molecule has 0 saturated carbocycles. The molecule has 5 nitrogen and oxygen atoms in total. The number of nitrogens with one attached hydrogen (secondary N) is 1. The molecule has 4 rings (SSSR count). The summed E-state index contributed by atoms with van der Waals surface area (Å²) in [6.07, 6.45) is 1.54. The fourth-order valence-corrected chi connectivity index (χ4v) is 4.54. The van der Waals surface area contributed by atoms with Gasteiger partial charge in [0.1, 0.15) is 29.3 Å². The lowest BCUT2D eigenvalue weighted by molar-refractivity contribution is 0.0578. The highest BCUT2D eigenvalue weighted by atomic mass is 32.1. The van der Waals surface area contributed by atoms with Crippen molar-refractivity contribution in [1.29, 1.82) is 0 Å². The molecule has 1 atom stereocenters. The van der Waals surface area contributed by atoms with Crippen LogP contribution in [-0.4, -0.2) is 53.4 Å². The molecule has 0 unspecified atom stereocenters. The number of hydrogen-bond donors (Lipinski definition) is 2. The molecule has 1 aliphatic heterocycles. The van der Waals surface area contributed by atoms with E-state index >= 15 is 0 Å². The molecule has 7 heteroatoms. The van der Waals surface area contributed by atoms with E-state index in [0.29, 0.717) is 18.3 Å². The molecule has 0 aliphatic carbocycles. The minimum Gasteiger partial charge on any atom is -0.491 e. The van der Waals surface area contributed by atoms with Crippen molar-refractivity contribution in [3.05, 3.63) is 59.4 Å². The van der Waals surface area contributed by atoms with Gasteiger partial charge in [-0.3, -0.25) is 0 Å². The Kier molecular flexibility index (Phi) is 6.71. The zero-order valence-corrected chi connectivity index (χ0v) is 17.1. The second-order valence-corrected chi connectivity index (χ2v) is 8.57. The van der Waals surface area contributed by atoms with Crippen LogP contribution in [0.5, 0.6) is 5.75 Å². The van der Waals surface area contributed by atoms with Crippen LogP contribution in [0.2, 0.25) is 0 Å². The van der Waals surface area contributed by atoms with E-state index in [9.17, 15) is 9.50 Å². The third-order valence-corrected chi connectivity index (χ3v) is 6.23. The molecule has 1 fully saturated rings. The molecular formula is C22H26FN3O2S. The second-order valence-electron chi connectivity index (χ2n) is 7.45. The van der Waals surface area contributed by atoms with E-state index in [1.165, 1.54) is 16.8 Å². The maximum atomic E-state index is 12.9. The van der Waals surface area contributed by atoms with Crippen LogP contribution in [-0.2, 0) is 6.54 Å². The Morgan fingerprint density at radius 3 is 2.69 bits per heavy atom. The van der Waals surface area contributed by atoms with E-state index in [0.717, 1.165) is 43.0 Å². The van der Waals surface area contributed by atoms with Gasteiger partial charge in [-0.2, -0.15) is 0 Å². The highest BCUT2D eigenvalue weighted by Crippen LogP contribution is 2.22. The van der Waals surface area contributed by atoms with E-state index in [-0.39, 0.29) is 12.4 Å². The SMILES string of the molecule is O[C@@H](COc1ccc(F)cc1)CN1CCC(NCc2nc3ccccc3s2)CC1. The number of piperidine rings is 1. The summed E-state index contributed by atoms with van der Waals surface area (Å²) < 4.78 is 19.7. The first-order chi connectivity index (χ1) is 14.2. The minimum atomic E-state index is -0.563. The summed E-state index contributed by atoms with van der Waals surface area (Å²) >= 11 is 1.75. The highest BCUT2D eigenvalue weighted by molar-refractivity contribution is 7.18. The number of fused-ring (bicyclic) bond motifs is 1. The van der Waals surface area contributed by atoms with Crippen molar-refractivity contribution in [1.82, 2.24) is 15.2 Å². The van der Waals surface area contributed by atoms with Crippen LogP contribution in [0.1, 0.15) is 17.8 Å². The zero-order chi connectivity index (χ0) is 20.1. The smallest absolute Gasteiger partial charge is 0.123 e. The van der Waals surface area contributed by atoms with Gasteiger partial charge in [0.15, 0.2) is 0 Å². The maximum Gasteiger partial charge on any atom is 0.123 e. The van der Waals surface area contributed by atoms with Crippen molar-refractivity contribution in [2.75, 3.05) is 26.2 Å². The second kappa shape index (κ2) is 9.63. The van der Waals surface area contributed by atoms with Crippen molar-refractivity contribution in [2.24, 2.45) is 0 Å². The molecule has 0 amide bonds. The Morgan fingerprint density at radius 2 is 1.93 bits per heavy atom. The third-order valence-electron chi connectivity index (χ3n) is 5.19. The van der Waals surface area contributed by atoms with Crippen molar-refractivity contribution < 1.29 is 14.2 Å². The number of benzene rings is 2. The fraction of sp³-hybridized carbons (Fsp3) is 0.409. The Bertz CT molecular complexity index is 877. The predicted octanol–water partition coefficient (Wildman–Crippen LogP) is 3.43. The summed E-state index contributed by atoms with van der Waals surface area (Å²) in [5.74, 6) is 0.278. The molecule has 1 saturated heterocycles. The molecular weight excluding hydrogens is 389 g/mol. The third kappa shape index (κ3) is 5.73. The van der Waals surface area contributed by atoms with Crippen LogP contribution in [0.3, 0.4) is 0 Å². The van der Waals surface area contributed by atoms with Crippen molar-refractivity contribution in [3.8, 4) is 5.75 Å². The topological polar surface area (TPSA) is 57.6 Å². The van der Waals surface area contributed by atoms with E-state index in [1.807, 2.05) is 12.1 Å². The summed E-state index contributed by atoms with van der Waals surface area (Å²) in [6.45, 7) is 3.50. The number of aliphatic hydroxyl groups excluding tert-OH is 1. The lowest BCUT2D eigenvalue weighted by atomic mass is 10.0. The van der Waals surface area contributed by atoms with E-state index in [1.54, 1.807) is 23.5 Å². The predicted molar refractivity (Wildman–Crippen MR) is 114 cm³/mol. The summed E-state index contributed by atoms with van der Waals surface area (Å²) in [5.41, 5.74) is 1.07. The number of nitrogens with zero attached hydrogens (tertiary/aromatic N) is 2. The summed E-state index contributed by atoms with van der Waals surface area (Å²) in [5, 5.41) is 15.0. The monoisotopic (exact) mass is 415 g/mol. The number of halogens is 1. The number of aliphatic hydroxyl groups is 1. The first kappa shape index (κ1) is 20.2. The minimum absolute atomic E-state index is 0.210. The first-order valence-electron chi connectivity index (χ1n) is 10.0. The van der Waals surface area contributed by atoms with Crippen LogP contribution in [0.15, 0.2) is 48.5 Å². The lowest BCUT2D eigenvalue weighted by Crippen LogP contribution is -2.45. The fourth-order valence-electron chi connectivity index (χ4n) is 3.62. The van der Waals surface area contributed by atoms with Gasteiger partial charge in [0, 0.05) is 19.1 Å². The van der Waals surface area contributed by atoms with Crippen LogP contribution >= 0.6 is 11.3 Å². The number of β-amino-alcohol motifs (C(OH)–C–C–N with tert-alkyl or cyclic N) is 1. The molecule has 0 spiro atoms. The van der Waals surface area contributed by atoms with Gasteiger partial charge in [0.2, 0.25) is 0 Å². The van der Waals surface area contributed by atoms with Gasteiger partial charge < -0.3 is 20.1 Å². The normalized spacial score (nSPS) is 16.9. The number of para-hydroxylation sites is 1. The highest BCUT2D eigenvalue weighted by Gasteiger charge is 2.21. The molecule has 2 aromatic carbocycles. The van der Waals surface area contributed by atoms with Crippen LogP contribution in [0.4, 0.5) is 4.39 Å². The van der Waals surface area contributed by atoms with Crippen LogP contribution in [0.25, 0.3) is 10.2 Å². The Labute approximate surface area is 174 Å². The van der Waals surface area contributed by atoms with Gasteiger partial charge in [-0.15, -0.1) is 11.3 Å². The maximum absolute atomic E-state index is 12.9. The summed E-state index contributed by atoms with van der Waals surface area (Å²) in [6, 6.07) is 14.6. The quantitative estimate of drug-likeness (QED) is 0.590. The molecule has 29 heavy (non-hydrogen) atoms. The number of rotatable bonds is 8. The number of aromatic nitrogens is 1. The van der Waals surface area contributed by atoms with E-state index in [2.05, 4.69) is 27.3 Å². The number of ether oxygens (including phenoxy) is 1. The Hall–Kier alpha value is -2.06. The van der Waals surface area contributed by atoms with Crippen LogP contribution in [0, 0.1) is 5.82 Å². The van der Waals surface area contributed by atoms with Gasteiger partial charge in [-0.1, -0.05) is 12.1 Å². The molecule has 1 aliphatic rings. The lowest BCUT2D eigenvalue weighted by Gasteiger charge is -2.33. The van der Waals surface area contributed by atoms with Crippen molar-refractivity contribution in [3.63, 3.8) is 0 Å². The first-order valence-corrected chi connectivity index (χ1v) is 10.8. The molecule has 2 heterocycles. The largest absolute Gasteiger partial charge is 0.491 e. The number of likely N-dealkylation sites (tertiary alicyclic amines) is 1. The number of thiazole rings is 1. The van der Waals surface area contributed by atoms with Crippen molar-refractivity contribution >= 4 is 21.6 Å². The van der Waals surface area contributed by atoms with Gasteiger partial charge in [-0.25, -0.2) is 9.37 Å². The van der Waals surface area contributed by atoms with Gasteiger partial charge in [0.05, 0.1) is 10.2 Å². The molecule has 0 radical (unpaired) electrons. The van der Waals surface area contributed by atoms with Gasteiger partial charge in [0.25, 0.3) is 0 Å². The van der Waals surface area contributed by atoms with Gasteiger partial charge >= 0.3 is 0 Å². The Morgan fingerprint density at radius 1 is 1.17 bits per heavy atom. The van der Waals surface area contributed by atoms with Gasteiger partial charge in [-0.05, 0) is 62.3 Å². The standard InChI is InChI=1S/C22H26FN3O2S/c23-16-5-7-19(8-6-16)28-15-18(27)14-26-11-9-17(10-12-26)24-13-22-25-20-3-1-2-4-21(20)29-22/h1-8,17-18,24,27H,9-15H2/t18-/m1/s1. The Balaban J connectivity index is 1.15. The number of hydrogen-bond acceptors (Lipinski definition) is 6. The molecule has 154 valence electrons. The molecule has 1 aromatic heterocycles. The van der Waals surface area contributed by atoms with Crippen LogP contribution < -0.4 is 10.1 Å². The average Bonchev–Trinajstić information content (AvgIpc) is 3.16. The summed E-state index contributed by atoms with van der Waals surface area (Å²) in [7, 11) is 0. The zero-order valence-electron chi connectivity index (χ0n) is 16.3. The molecule has 3 aromatic rings. The summed E-state index contributed by atoms with van der Waals surface area (Å²) in [4.78, 5) is 6.95. The molecule has 0 bridgehead atoms. The van der Waals surface area contributed by atoms with E-state index in [4.69, 9.17) is 4.74 Å². The molecule has 2 N–H and O–H groups in total. The average molecular weight is 416 g/mol.